The van der Waals surface area contributed by atoms with Crippen LogP contribution in [0.15, 0.2) is 91.7 Å². The fourth-order valence-electron chi connectivity index (χ4n) is 6.29. The van der Waals surface area contributed by atoms with Crippen molar-refractivity contribution < 1.29 is 9.68 Å². The lowest BCUT2D eigenvalue weighted by Gasteiger charge is -2.36. The van der Waals surface area contributed by atoms with Crippen molar-refractivity contribution in [1.29, 1.82) is 0 Å². The molecule has 4 heterocycles. The highest BCUT2D eigenvalue weighted by molar-refractivity contribution is 5.96. The van der Waals surface area contributed by atoms with Gasteiger partial charge in [0.25, 0.3) is 0 Å². The second-order valence-corrected chi connectivity index (χ2v) is 16.6. The van der Waals surface area contributed by atoms with E-state index in [0.717, 1.165) is 44.7 Å². The summed E-state index contributed by atoms with van der Waals surface area (Å²) in [6, 6.07) is 19.0. The molecule has 6 heteroatoms. The summed E-state index contributed by atoms with van der Waals surface area (Å²) in [5, 5.41) is 12.8. The van der Waals surface area contributed by atoms with E-state index >= 15 is 0 Å². The molecule has 0 saturated carbocycles. The summed E-state index contributed by atoms with van der Waals surface area (Å²) in [5.74, 6) is 0.276. The summed E-state index contributed by atoms with van der Waals surface area (Å²) < 4.78 is 4.39. The van der Waals surface area contributed by atoms with Crippen LogP contribution in [0.25, 0.3) is 27.8 Å². The average molecular weight is 640 g/mol. The van der Waals surface area contributed by atoms with E-state index in [2.05, 4.69) is 163 Å². The first-order valence-electron chi connectivity index (χ1n) is 16.8. The Balaban J connectivity index is 1.54. The Kier molecular flexibility index (Phi) is 7.93. The van der Waals surface area contributed by atoms with Gasteiger partial charge in [-0.1, -0.05) is 92.6 Å². The van der Waals surface area contributed by atoms with Crippen LogP contribution in [0.1, 0.15) is 92.9 Å². The molecule has 1 aliphatic heterocycles. The van der Waals surface area contributed by atoms with Crippen LogP contribution in [0.5, 0.6) is 5.75 Å². The van der Waals surface area contributed by atoms with Crippen molar-refractivity contribution in [2.75, 3.05) is 4.90 Å². The summed E-state index contributed by atoms with van der Waals surface area (Å²) in [7, 11) is 0. The van der Waals surface area contributed by atoms with Crippen LogP contribution in [0, 0.1) is 0 Å². The molecule has 6 rings (SSSR count). The number of rotatable bonds is 4. The molecule has 3 aromatic heterocycles. The van der Waals surface area contributed by atoms with Gasteiger partial charge in [0.15, 0.2) is 0 Å². The van der Waals surface area contributed by atoms with Crippen LogP contribution in [-0.4, -0.2) is 36.1 Å². The number of hydrogen-bond donors (Lipinski definition) is 1. The van der Waals surface area contributed by atoms with Crippen molar-refractivity contribution in [3.8, 4) is 22.7 Å². The number of nitrogens with zero attached hydrogens (tertiary/aromatic N) is 5. The molecule has 0 saturated heterocycles. The highest BCUT2D eigenvalue weighted by Crippen LogP contribution is 2.43. The van der Waals surface area contributed by atoms with E-state index in [-0.39, 0.29) is 22.0 Å². The summed E-state index contributed by atoms with van der Waals surface area (Å²) in [4.78, 5) is 11.3. The molecule has 1 N–H and O–H groups in total. The molecular weight excluding hydrogens is 590 g/mol. The lowest BCUT2D eigenvalue weighted by Crippen LogP contribution is -2.40. The maximum Gasteiger partial charge on any atom is 0.245 e. The normalized spacial score (nSPS) is 15.2. The van der Waals surface area contributed by atoms with Gasteiger partial charge in [-0.2, -0.15) is 0 Å². The van der Waals surface area contributed by atoms with E-state index in [0.29, 0.717) is 5.69 Å². The highest BCUT2D eigenvalue weighted by atomic mass is 16.3. The first-order valence-corrected chi connectivity index (χ1v) is 16.8. The number of para-hydroxylation sites is 2. The van der Waals surface area contributed by atoms with Crippen LogP contribution in [-0.2, 0) is 16.2 Å². The molecule has 5 aromatic rings. The van der Waals surface area contributed by atoms with Crippen molar-refractivity contribution in [2.45, 2.75) is 97.9 Å². The minimum Gasteiger partial charge on any atom is -0.513 e. The topological polar surface area (TPSA) is 57.2 Å². The SMILES string of the molecule is CC(C)(C)c1ccnc(-c2cn(-c3ccccc3[N+]3=[C-]N(c4cc(C(C)(C)C)cc(C(C)(C)C)c4O)C=CC3(C)C)c3cnccc23)c1. The maximum atomic E-state index is 11.7. The van der Waals surface area contributed by atoms with Gasteiger partial charge in [-0.3, -0.25) is 14.5 Å². The van der Waals surface area contributed by atoms with Gasteiger partial charge in [0, 0.05) is 35.7 Å². The standard InChI is InChI=1S/C42H49N5O/c1-39(2,3)28-16-20-44-33(23-28)31-26-46(37-25-43-19-17-30(31)37)34-14-12-13-15-35(34)47-27-45(21-18-42(47,10)11)36-24-29(40(4,5)6)22-32(38(36)48)41(7,8)9/h12-26,48H,1-11H3. The Labute approximate surface area is 286 Å². The van der Waals surface area contributed by atoms with Crippen LogP contribution in [0.3, 0.4) is 0 Å². The van der Waals surface area contributed by atoms with Crippen molar-refractivity contribution in [3.63, 3.8) is 0 Å². The first-order chi connectivity index (χ1) is 22.4. The van der Waals surface area contributed by atoms with E-state index in [1.807, 2.05) is 29.7 Å². The molecule has 1 aliphatic rings. The van der Waals surface area contributed by atoms with E-state index in [9.17, 15) is 5.11 Å². The molecule has 248 valence electrons. The zero-order chi connectivity index (χ0) is 34.8. The maximum absolute atomic E-state index is 11.7. The third-order valence-electron chi connectivity index (χ3n) is 9.33. The number of pyridine rings is 2. The Morgan fingerprint density at radius 1 is 0.792 bits per heavy atom. The van der Waals surface area contributed by atoms with E-state index in [4.69, 9.17) is 4.98 Å². The zero-order valence-electron chi connectivity index (χ0n) is 30.3. The quantitative estimate of drug-likeness (QED) is 0.157. The monoisotopic (exact) mass is 639 g/mol. The van der Waals surface area contributed by atoms with Gasteiger partial charge >= 0.3 is 0 Å². The molecule has 0 radical (unpaired) electrons. The number of fused-ring (bicyclic) bond motifs is 1. The third kappa shape index (κ3) is 6.05. The molecule has 48 heavy (non-hydrogen) atoms. The van der Waals surface area contributed by atoms with Gasteiger partial charge in [0.2, 0.25) is 6.34 Å². The summed E-state index contributed by atoms with van der Waals surface area (Å²) in [6.45, 7) is 24.1. The zero-order valence-corrected chi connectivity index (χ0v) is 30.3. The fourth-order valence-corrected chi connectivity index (χ4v) is 6.29. The molecule has 0 amide bonds. The number of benzene rings is 2. The smallest absolute Gasteiger partial charge is 0.245 e. The summed E-state index contributed by atoms with van der Waals surface area (Å²) in [5.41, 5.74) is 8.23. The van der Waals surface area contributed by atoms with Gasteiger partial charge < -0.3 is 14.6 Å². The predicted molar refractivity (Wildman–Crippen MR) is 199 cm³/mol. The van der Waals surface area contributed by atoms with Crippen LogP contribution >= 0.6 is 0 Å². The lowest BCUT2D eigenvalue weighted by molar-refractivity contribution is -0.506. The molecule has 2 aromatic carbocycles. The molecule has 0 bridgehead atoms. The molecule has 0 spiro atoms. The summed E-state index contributed by atoms with van der Waals surface area (Å²) in [6.07, 6.45) is 15.7. The third-order valence-corrected chi connectivity index (χ3v) is 9.33. The second kappa shape index (κ2) is 11.5. The van der Waals surface area contributed by atoms with Gasteiger partial charge in [-0.15, -0.1) is 0 Å². The molecule has 6 nitrogen and oxygen atoms in total. The van der Waals surface area contributed by atoms with Crippen molar-refractivity contribution in [1.82, 2.24) is 14.5 Å². The average Bonchev–Trinajstić information content (AvgIpc) is 3.39. The Morgan fingerprint density at radius 3 is 2.19 bits per heavy atom. The second-order valence-electron chi connectivity index (χ2n) is 16.6. The molecule has 0 unspecified atom stereocenters. The van der Waals surface area contributed by atoms with E-state index < -0.39 is 5.54 Å². The number of anilines is 1. The number of aromatic hydroxyl groups is 1. The van der Waals surface area contributed by atoms with Crippen LogP contribution < -0.4 is 4.90 Å². The van der Waals surface area contributed by atoms with Crippen molar-refractivity contribution in [3.05, 3.63) is 108 Å². The summed E-state index contributed by atoms with van der Waals surface area (Å²) >= 11 is 0. The van der Waals surface area contributed by atoms with E-state index in [1.165, 1.54) is 5.56 Å². The minimum atomic E-state index is -0.413. The Bertz CT molecular complexity index is 2080. The minimum absolute atomic E-state index is 0.00357. The first kappa shape index (κ1) is 33.2. The molecule has 0 atom stereocenters. The van der Waals surface area contributed by atoms with Crippen LogP contribution in [0.4, 0.5) is 11.4 Å². The van der Waals surface area contributed by atoms with Crippen molar-refractivity contribution >= 4 is 28.6 Å². The highest BCUT2D eigenvalue weighted by Gasteiger charge is 2.32. The van der Waals surface area contributed by atoms with Gasteiger partial charge in [-0.25, -0.2) is 0 Å². The van der Waals surface area contributed by atoms with Gasteiger partial charge in [0.1, 0.15) is 11.3 Å². The number of aromatic nitrogens is 3. The largest absolute Gasteiger partial charge is 0.513 e. The number of hydrogen-bond acceptors (Lipinski definition) is 4. The van der Waals surface area contributed by atoms with Gasteiger partial charge in [0.05, 0.1) is 34.5 Å². The van der Waals surface area contributed by atoms with Crippen LogP contribution in [0.2, 0.25) is 0 Å². The van der Waals surface area contributed by atoms with Crippen molar-refractivity contribution in [2.24, 2.45) is 0 Å². The molecule has 0 aliphatic carbocycles. The Hall–Kier alpha value is -4.71. The van der Waals surface area contributed by atoms with E-state index in [1.54, 1.807) is 0 Å². The number of phenolic OH excluding ortho intramolecular Hbond substituents is 1. The molecule has 0 fully saturated rings. The predicted octanol–water partition coefficient (Wildman–Crippen LogP) is 10.0. The number of phenols is 1. The Morgan fingerprint density at radius 2 is 1.50 bits per heavy atom. The van der Waals surface area contributed by atoms with Gasteiger partial charge in [-0.05, 0) is 77.1 Å². The molecular formula is C42H49N5O. The lowest BCUT2D eigenvalue weighted by atomic mass is 9.79. The fraction of sp³-hybridized carbons (Fsp3) is 0.357.